The lowest BCUT2D eigenvalue weighted by atomic mass is 9.97. The molecule has 0 aliphatic carbocycles. The molecule has 0 bridgehead atoms. The van der Waals surface area contributed by atoms with Gasteiger partial charge in [0.1, 0.15) is 12.4 Å². The van der Waals surface area contributed by atoms with Crippen molar-refractivity contribution in [2.24, 2.45) is 5.92 Å². The second kappa shape index (κ2) is 9.87. The van der Waals surface area contributed by atoms with Crippen molar-refractivity contribution in [3.05, 3.63) is 48.3 Å². The molecule has 27 heavy (non-hydrogen) atoms. The second-order valence-corrected chi connectivity index (χ2v) is 6.54. The zero-order chi connectivity index (χ0) is 18.9. The average Bonchev–Trinajstić information content (AvgIpc) is 2.73. The summed E-state index contributed by atoms with van der Waals surface area (Å²) in [5.74, 6) is 1.49. The number of carbonyl (C=O) groups excluding carboxylic acids is 1. The number of hydrogen-bond acceptors (Lipinski definition) is 6. The highest BCUT2D eigenvalue weighted by atomic mass is 16.5. The molecule has 1 unspecified atom stereocenters. The van der Waals surface area contributed by atoms with Crippen LogP contribution in [0.3, 0.4) is 0 Å². The minimum atomic E-state index is -0.0521. The van der Waals surface area contributed by atoms with E-state index >= 15 is 0 Å². The molecule has 2 heterocycles. The van der Waals surface area contributed by atoms with Crippen LogP contribution >= 0.6 is 0 Å². The van der Waals surface area contributed by atoms with Crippen LogP contribution in [0.4, 0.5) is 5.95 Å². The van der Waals surface area contributed by atoms with Gasteiger partial charge in [-0.15, -0.1) is 0 Å². The Bertz CT molecular complexity index is 726. The molecule has 0 spiro atoms. The van der Waals surface area contributed by atoms with Gasteiger partial charge < -0.3 is 19.7 Å². The van der Waals surface area contributed by atoms with Crippen LogP contribution in [-0.4, -0.2) is 49.3 Å². The number of piperidine rings is 1. The van der Waals surface area contributed by atoms with Gasteiger partial charge in [-0.1, -0.05) is 12.1 Å². The summed E-state index contributed by atoms with van der Waals surface area (Å²) < 4.78 is 10.6. The fraction of sp³-hybridized carbons (Fsp3) is 0.450. The molecule has 7 nitrogen and oxygen atoms in total. The molecule has 0 radical (unpaired) electrons. The van der Waals surface area contributed by atoms with Crippen molar-refractivity contribution in [3.8, 4) is 5.75 Å². The summed E-state index contributed by atoms with van der Waals surface area (Å²) in [6, 6.07) is 9.55. The van der Waals surface area contributed by atoms with Gasteiger partial charge in [0, 0.05) is 39.1 Å². The quantitative estimate of drug-likeness (QED) is 0.717. The van der Waals surface area contributed by atoms with E-state index in [1.165, 1.54) is 0 Å². The summed E-state index contributed by atoms with van der Waals surface area (Å²) in [4.78, 5) is 23.3. The van der Waals surface area contributed by atoms with E-state index in [4.69, 9.17) is 9.47 Å². The molecule has 2 aromatic rings. The maximum atomic E-state index is 12.6. The number of methoxy groups -OCH3 is 1. The lowest BCUT2D eigenvalue weighted by molar-refractivity contribution is -0.125. The van der Waals surface area contributed by atoms with Gasteiger partial charge >= 0.3 is 0 Å². The first-order valence-corrected chi connectivity index (χ1v) is 9.26. The summed E-state index contributed by atoms with van der Waals surface area (Å²) >= 11 is 0. The third-order valence-electron chi connectivity index (χ3n) is 4.55. The van der Waals surface area contributed by atoms with Crippen molar-refractivity contribution < 1.29 is 14.3 Å². The molecule has 1 aliphatic rings. The third-order valence-corrected chi connectivity index (χ3v) is 4.55. The first-order chi connectivity index (χ1) is 13.3. The van der Waals surface area contributed by atoms with Gasteiger partial charge in [-0.25, -0.2) is 9.97 Å². The zero-order valence-electron chi connectivity index (χ0n) is 15.6. The SMILES string of the molecule is COCCOc1cccc(CNC(=O)C2CCCN(c3ncccn3)C2)c1. The Balaban J connectivity index is 1.51. The van der Waals surface area contributed by atoms with E-state index in [1.807, 2.05) is 24.3 Å². The number of ether oxygens (including phenoxy) is 2. The minimum absolute atomic E-state index is 0.0521. The normalized spacial score (nSPS) is 16.8. The fourth-order valence-corrected chi connectivity index (χ4v) is 3.15. The number of rotatable bonds is 8. The number of nitrogens with one attached hydrogen (secondary N) is 1. The number of anilines is 1. The van der Waals surface area contributed by atoms with Gasteiger partial charge in [-0.2, -0.15) is 0 Å². The van der Waals surface area contributed by atoms with E-state index in [-0.39, 0.29) is 11.8 Å². The molecule has 3 rings (SSSR count). The lowest BCUT2D eigenvalue weighted by Crippen LogP contribution is -2.43. The largest absolute Gasteiger partial charge is 0.491 e. The van der Waals surface area contributed by atoms with Crippen LogP contribution in [-0.2, 0) is 16.1 Å². The van der Waals surface area contributed by atoms with Crippen LogP contribution in [0.2, 0.25) is 0 Å². The zero-order valence-corrected chi connectivity index (χ0v) is 15.6. The molecule has 1 aromatic heterocycles. The van der Waals surface area contributed by atoms with E-state index in [1.54, 1.807) is 25.6 Å². The van der Waals surface area contributed by atoms with Crippen molar-refractivity contribution >= 4 is 11.9 Å². The summed E-state index contributed by atoms with van der Waals surface area (Å²) in [5, 5.41) is 3.05. The highest BCUT2D eigenvalue weighted by molar-refractivity contribution is 5.79. The molecular weight excluding hydrogens is 344 g/mol. The highest BCUT2D eigenvalue weighted by Gasteiger charge is 2.26. The van der Waals surface area contributed by atoms with Gasteiger partial charge in [-0.3, -0.25) is 4.79 Å². The Morgan fingerprint density at radius 3 is 2.93 bits per heavy atom. The highest BCUT2D eigenvalue weighted by Crippen LogP contribution is 2.20. The number of carbonyl (C=O) groups is 1. The number of amides is 1. The smallest absolute Gasteiger partial charge is 0.225 e. The van der Waals surface area contributed by atoms with Crippen molar-refractivity contribution in [3.63, 3.8) is 0 Å². The molecule has 1 amide bonds. The topological polar surface area (TPSA) is 76.6 Å². The number of hydrogen-bond donors (Lipinski definition) is 1. The molecular formula is C20H26N4O3. The number of benzene rings is 1. The Labute approximate surface area is 159 Å². The summed E-state index contributed by atoms with van der Waals surface area (Å²) in [6.45, 7) is 3.07. The van der Waals surface area contributed by atoms with Gasteiger partial charge in [-0.05, 0) is 36.6 Å². The molecule has 7 heteroatoms. The summed E-state index contributed by atoms with van der Waals surface area (Å²) in [6.07, 6.45) is 5.30. The third kappa shape index (κ3) is 5.65. The molecule has 1 atom stereocenters. The number of aromatic nitrogens is 2. The molecule has 0 saturated carbocycles. The van der Waals surface area contributed by atoms with Crippen LogP contribution < -0.4 is 15.0 Å². The van der Waals surface area contributed by atoms with Crippen LogP contribution in [0.25, 0.3) is 0 Å². The standard InChI is InChI=1S/C20H26N4O3/c1-26-11-12-27-18-7-2-5-16(13-18)14-23-19(25)17-6-3-10-24(15-17)20-21-8-4-9-22-20/h2,4-5,7-9,13,17H,3,6,10-12,14-15H2,1H3,(H,23,25). The second-order valence-electron chi connectivity index (χ2n) is 6.54. The van der Waals surface area contributed by atoms with Gasteiger partial charge in [0.2, 0.25) is 11.9 Å². The predicted molar refractivity (Wildman–Crippen MR) is 103 cm³/mol. The predicted octanol–water partition coefficient (Wildman–Crippen LogP) is 2.03. The van der Waals surface area contributed by atoms with Crippen LogP contribution in [0.1, 0.15) is 18.4 Å². The molecule has 1 aliphatic heterocycles. The average molecular weight is 370 g/mol. The summed E-state index contributed by atoms with van der Waals surface area (Å²) in [7, 11) is 1.64. The van der Waals surface area contributed by atoms with E-state index in [0.717, 1.165) is 30.7 Å². The van der Waals surface area contributed by atoms with E-state index < -0.39 is 0 Å². The van der Waals surface area contributed by atoms with E-state index in [2.05, 4.69) is 20.2 Å². The van der Waals surface area contributed by atoms with Gasteiger partial charge in [0.25, 0.3) is 0 Å². The molecule has 1 aromatic carbocycles. The van der Waals surface area contributed by atoms with Crippen LogP contribution in [0.15, 0.2) is 42.7 Å². The Kier molecular flexibility index (Phi) is 6.98. The Hall–Kier alpha value is -2.67. The fourth-order valence-electron chi connectivity index (χ4n) is 3.15. The molecule has 1 saturated heterocycles. The van der Waals surface area contributed by atoms with Gasteiger partial charge in [0.05, 0.1) is 12.5 Å². The van der Waals surface area contributed by atoms with E-state index in [9.17, 15) is 4.79 Å². The first kappa shape index (κ1) is 19.1. The molecule has 144 valence electrons. The Morgan fingerprint density at radius 2 is 2.11 bits per heavy atom. The van der Waals surface area contributed by atoms with Crippen molar-refractivity contribution in [2.75, 3.05) is 38.3 Å². The Morgan fingerprint density at radius 1 is 1.26 bits per heavy atom. The maximum absolute atomic E-state index is 12.6. The minimum Gasteiger partial charge on any atom is -0.491 e. The van der Waals surface area contributed by atoms with Crippen LogP contribution in [0, 0.1) is 5.92 Å². The van der Waals surface area contributed by atoms with Crippen molar-refractivity contribution in [1.82, 2.24) is 15.3 Å². The first-order valence-electron chi connectivity index (χ1n) is 9.26. The van der Waals surface area contributed by atoms with Crippen molar-refractivity contribution in [1.29, 1.82) is 0 Å². The van der Waals surface area contributed by atoms with Gasteiger partial charge in [0.15, 0.2) is 0 Å². The molecule has 1 fully saturated rings. The lowest BCUT2D eigenvalue weighted by Gasteiger charge is -2.31. The summed E-state index contributed by atoms with van der Waals surface area (Å²) in [5.41, 5.74) is 1.01. The molecule has 1 N–H and O–H groups in total. The monoisotopic (exact) mass is 370 g/mol. The maximum Gasteiger partial charge on any atom is 0.225 e. The van der Waals surface area contributed by atoms with E-state index in [0.29, 0.717) is 32.3 Å². The van der Waals surface area contributed by atoms with Crippen LogP contribution in [0.5, 0.6) is 5.75 Å². The number of nitrogens with zero attached hydrogens (tertiary/aromatic N) is 3. The van der Waals surface area contributed by atoms with Crippen molar-refractivity contribution in [2.45, 2.75) is 19.4 Å².